The summed E-state index contributed by atoms with van der Waals surface area (Å²) in [5.74, 6) is 0. The molecule has 1 nitrogen and oxygen atoms in total. The standard InChI is InChI=1S/C6H7NS/c1-2-3-6-4-7-5-8-6/h2,4-5H,1,3H2. The highest BCUT2D eigenvalue weighted by Crippen LogP contribution is 2.05. The minimum absolute atomic E-state index is 0.949. The Labute approximate surface area is 52.7 Å². The quantitative estimate of drug-likeness (QED) is 0.550. The SMILES string of the molecule is C=CCc1cncs1. The molecule has 0 aliphatic carbocycles. The van der Waals surface area contributed by atoms with Gasteiger partial charge in [-0.05, 0) is 0 Å². The highest BCUT2D eigenvalue weighted by atomic mass is 32.1. The lowest BCUT2D eigenvalue weighted by atomic mass is 10.4. The van der Waals surface area contributed by atoms with Gasteiger partial charge in [0.25, 0.3) is 0 Å². The Hall–Kier alpha value is -0.630. The molecule has 0 atom stereocenters. The number of hydrogen-bond donors (Lipinski definition) is 0. The molecular weight excluding hydrogens is 118 g/mol. The maximum Gasteiger partial charge on any atom is 0.0794 e. The van der Waals surface area contributed by atoms with E-state index in [2.05, 4.69) is 11.6 Å². The molecule has 0 aliphatic rings. The van der Waals surface area contributed by atoms with Crippen LogP contribution in [0, 0.1) is 0 Å². The molecule has 42 valence electrons. The minimum Gasteiger partial charge on any atom is -0.253 e. The van der Waals surface area contributed by atoms with Gasteiger partial charge >= 0.3 is 0 Å². The molecule has 0 radical (unpaired) electrons. The molecule has 1 rings (SSSR count). The van der Waals surface area contributed by atoms with Gasteiger partial charge in [-0.15, -0.1) is 17.9 Å². The number of aromatic nitrogens is 1. The summed E-state index contributed by atoms with van der Waals surface area (Å²) in [5.41, 5.74) is 1.83. The fraction of sp³-hybridized carbons (Fsp3) is 0.167. The van der Waals surface area contributed by atoms with Crippen molar-refractivity contribution in [2.75, 3.05) is 0 Å². The van der Waals surface area contributed by atoms with E-state index in [1.165, 1.54) is 4.88 Å². The van der Waals surface area contributed by atoms with Crippen LogP contribution in [0.15, 0.2) is 24.4 Å². The van der Waals surface area contributed by atoms with Crippen LogP contribution in [-0.2, 0) is 6.42 Å². The van der Waals surface area contributed by atoms with E-state index < -0.39 is 0 Å². The lowest BCUT2D eigenvalue weighted by Crippen LogP contribution is -1.67. The Balaban J connectivity index is 2.62. The zero-order valence-corrected chi connectivity index (χ0v) is 5.32. The summed E-state index contributed by atoms with van der Waals surface area (Å²) >= 11 is 1.67. The Bertz CT molecular complexity index is 155. The molecule has 0 spiro atoms. The highest BCUT2D eigenvalue weighted by Gasteiger charge is 1.86. The predicted molar refractivity (Wildman–Crippen MR) is 36.0 cm³/mol. The number of thiazole rings is 1. The van der Waals surface area contributed by atoms with Gasteiger partial charge in [0, 0.05) is 17.5 Å². The van der Waals surface area contributed by atoms with Crippen LogP contribution >= 0.6 is 11.3 Å². The second kappa shape index (κ2) is 2.62. The van der Waals surface area contributed by atoms with Crippen molar-refractivity contribution in [3.63, 3.8) is 0 Å². The third-order valence-corrected chi connectivity index (χ3v) is 1.63. The minimum atomic E-state index is 0.949. The summed E-state index contributed by atoms with van der Waals surface area (Å²) in [4.78, 5) is 5.19. The maximum atomic E-state index is 3.91. The van der Waals surface area contributed by atoms with Crippen molar-refractivity contribution in [3.8, 4) is 0 Å². The average molecular weight is 125 g/mol. The summed E-state index contributed by atoms with van der Waals surface area (Å²) in [6.45, 7) is 3.61. The van der Waals surface area contributed by atoms with E-state index in [-0.39, 0.29) is 0 Å². The molecule has 0 unspecified atom stereocenters. The predicted octanol–water partition coefficient (Wildman–Crippen LogP) is 1.87. The second-order valence-electron chi connectivity index (χ2n) is 1.46. The summed E-state index contributed by atoms with van der Waals surface area (Å²) in [7, 11) is 0. The second-order valence-corrected chi connectivity index (χ2v) is 2.43. The van der Waals surface area contributed by atoms with Crippen molar-refractivity contribution in [3.05, 3.63) is 29.2 Å². The molecular formula is C6H7NS. The van der Waals surface area contributed by atoms with Gasteiger partial charge in [0.05, 0.1) is 5.51 Å². The largest absolute Gasteiger partial charge is 0.253 e. The van der Waals surface area contributed by atoms with E-state index in [1.54, 1.807) is 11.3 Å². The van der Waals surface area contributed by atoms with E-state index in [1.807, 2.05) is 17.8 Å². The van der Waals surface area contributed by atoms with Gasteiger partial charge in [0.15, 0.2) is 0 Å². The maximum absolute atomic E-state index is 3.91. The number of rotatable bonds is 2. The molecule has 1 heterocycles. The van der Waals surface area contributed by atoms with Gasteiger partial charge in [-0.1, -0.05) is 6.08 Å². The van der Waals surface area contributed by atoms with Crippen LogP contribution in [0.2, 0.25) is 0 Å². The molecule has 0 N–H and O–H groups in total. The highest BCUT2D eigenvalue weighted by molar-refractivity contribution is 7.09. The topological polar surface area (TPSA) is 12.9 Å². The van der Waals surface area contributed by atoms with Gasteiger partial charge in [-0.3, -0.25) is 4.98 Å². The average Bonchev–Trinajstić information content (AvgIpc) is 2.19. The molecule has 0 saturated heterocycles. The van der Waals surface area contributed by atoms with E-state index in [0.717, 1.165) is 6.42 Å². The summed E-state index contributed by atoms with van der Waals surface area (Å²) in [6, 6.07) is 0. The van der Waals surface area contributed by atoms with Crippen molar-refractivity contribution in [2.24, 2.45) is 0 Å². The number of hydrogen-bond acceptors (Lipinski definition) is 2. The Kier molecular flexibility index (Phi) is 1.80. The number of allylic oxidation sites excluding steroid dienone is 1. The third kappa shape index (κ3) is 1.17. The van der Waals surface area contributed by atoms with Crippen molar-refractivity contribution < 1.29 is 0 Å². The molecule has 0 aromatic carbocycles. The van der Waals surface area contributed by atoms with E-state index in [9.17, 15) is 0 Å². The van der Waals surface area contributed by atoms with Gasteiger partial charge in [0.2, 0.25) is 0 Å². The van der Waals surface area contributed by atoms with Crippen LogP contribution in [0.3, 0.4) is 0 Å². The first-order valence-electron chi connectivity index (χ1n) is 2.41. The van der Waals surface area contributed by atoms with Crippen molar-refractivity contribution >= 4 is 11.3 Å². The molecule has 0 bridgehead atoms. The Morgan fingerprint density at radius 2 is 2.75 bits per heavy atom. The van der Waals surface area contributed by atoms with E-state index in [0.29, 0.717) is 0 Å². The van der Waals surface area contributed by atoms with Crippen LogP contribution in [0.5, 0.6) is 0 Å². The molecule has 0 amide bonds. The summed E-state index contributed by atoms with van der Waals surface area (Å²) in [6.07, 6.45) is 4.70. The van der Waals surface area contributed by atoms with E-state index in [4.69, 9.17) is 0 Å². The Morgan fingerprint density at radius 3 is 3.25 bits per heavy atom. The van der Waals surface area contributed by atoms with Gasteiger partial charge in [-0.2, -0.15) is 0 Å². The molecule has 0 fully saturated rings. The van der Waals surface area contributed by atoms with Crippen LogP contribution in [-0.4, -0.2) is 4.98 Å². The van der Waals surface area contributed by atoms with Crippen LogP contribution in [0.25, 0.3) is 0 Å². The monoisotopic (exact) mass is 125 g/mol. The zero-order chi connectivity index (χ0) is 5.82. The van der Waals surface area contributed by atoms with E-state index >= 15 is 0 Å². The van der Waals surface area contributed by atoms with Crippen molar-refractivity contribution in [1.29, 1.82) is 0 Å². The molecule has 0 saturated carbocycles. The van der Waals surface area contributed by atoms with Crippen LogP contribution in [0.4, 0.5) is 0 Å². The summed E-state index contributed by atoms with van der Waals surface area (Å²) < 4.78 is 0. The smallest absolute Gasteiger partial charge is 0.0794 e. The lowest BCUT2D eigenvalue weighted by Gasteiger charge is -1.79. The fourth-order valence-electron chi connectivity index (χ4n) is 0.485. The Morgan fingerprint density at radius 1 is 1.88 bits per heavy atom. The first kappa shape index (κ1) is 5.51. The third-order valence-electron chi connectivity index (χ3n) is 0.829. The molecule has 1 aromatic heterocycles. The van der Waals surface area contributed by atoms with Crippen LogP contribution < -0.4 is 0 Å². The lowest BCUT2D eigenvalue weighted by molar-refractivity contribution is 1.30. The summed E-state index contributed by atoms with van der Waals surface area (Å²) in [5, 5.41) is 0. The number of nitrogens with zero attached hydrogens (tertiary/aromatic N) is 1. The van der Waals surface area contributed by atoms with Gasteiger partial charge in [0.1, 0.15) is 0 Å². The first-order valence-corrected chi connectivity index (χ1v) is 3.29. The first-order chi connectivity index (χ1) is 3.93. The molecule has 0 aliphatic heterocycles. The van der Waals surface area contributed by atoms with Crippen molar-refractivity contribution in [2.45, 2.75) is 6.42 Å². The molecule has 2 heteroatoms. The molecule has 8 heavy (non-hydrogen) atoms. The van der Waals surface area contributed by atoms with Gasteiger partial charge in [-0.25, -0.2) is 0 Å². The molecule has 1 aromatic rings. The fourth-order valence-corrected chi connectivity index (χ4v) is 1.08. The normalized spacial score (nSPS) is 9.00. The zero-order valence-electron chi connectivity index (χ0n) is 4.50. The van der Waals surface area contributed by atoms with Gasteiger partial charge < -0.3 is 0 Å². The van der Waals surface area contributed by atoms with Crippen molar-refractivity contribution in [1.82, 2.24) is 4.98 Å². The van der Waals surface area contributed by atoms with Crippen LogP contribution in [0.1, 0.15) is 4.88 Å².